The second-order valence-electron chi connectivity index (χ2n) is 2.88. The smallest absolute Gasteiger partial charge is 0.0925 e. The molecule has 0 spiro atoms. The normalized spacial score (nSPS) is 10.7. The van der Waals surface area contributed by atoms with Gasteiger partial charge in [0.15, 0.2) is 0 Å². The van der Waals surface area contributed by atoms with Crippen molar-refractivity contribution in [2.24, 2.45) is 0 Å². The number of pyridine rings is 1. The van der Waals surface area contributed by atoms with Crippen molar-refractivity contribution in [2.75, 3.05) is 11.5 Å². The molecule has 72 valence electrons. The van der Waals surface area contributed by atoms with Crippen molar-refractivity contribution in [3.05, 3.63) is 28.4 Å². The predicted molar refractivity (Wildman–Crippen MR) is 60.6 cm³/mol. The molecule has 3 nitrogen and oxygen atoms in total. The number of nitrogens with two attached hydrogens (primary N) is 2. The van der Waals surface area contributed by atoms with Crippen LogP contribution in [0.1, 0.15) is 0 Å². The molecule has 0 aliphatic rings. The summed E-state index contributed by atoms with van der Waals surface area (Å²) in [6.45, 7) is 0. The molecule has 1 heterocycles. The highest BCUT2D eigenvalue weighted by molar-refractivity contribution is 6.41. The molecule has 0 amide bonds. The maximum absolute atomic E-state index is 5.97. The average Bonchev–Trinajstić information content (AvgIpc) is 2.16. The number of hydrogen-bond acceptors (Lipinski definition) is 3. The van der Waals surface area contributed by atoms with Gasteiger partial charge in [-0.1, -0.05) is 23.2 Å². The number of nitrogen functional groups attached to an aromatic ring is 2. The van der Waals surface area contributed by atoms with Crippen LogP contribution in [0.5, 0.6) is 0 Å². The molecule has 2 aromatic rings. The molecule has 14 heavy (non-hydrogen) atoms. The van der Waals surface area contributed by atoms with Crippen molar-refractivity contribution in [2.45, 2.75) is 0 Å². The van der Waals surface area contributed by atoms with Crippen LogP contribution in [0.2, 0.25) is 10.0 Å². The van der Waals surface area contributed by atoms with E-state index >= 15 is 0 Å². The number of rotatable bonds is 0. The Balaban J connectivity index is 3.01. The van der Waals surface area contributed by atoms with Crippen molar-refractivity contribution in [1.82, 2.24) is 4.98 Å². The van der Waals surface area contributed by atoms with Gasteiger partial charge in [-0.05, 0) is 12.1 Å². The predicted octanol–water partition coefficient (Wildman–Crippen LogP) is 2.71. The number of benzene rings is 1. The maximum atomic E-state index is 5.97. The van der Waals surface area contributed by atoms with Crippen molar-refractivity contribution in [3.63, 3.8) is 0 Å². The summed E-state index contributed by atoms with van der Waals surface area (Å²) < 4.78 is 0. The van der Waals surface area contributed by atoms with Crippen LogP contribution in [0, 0.1) is 0 Å². The Bertz CT molecular complexity index is 511. The fourth-order valence-electron chi connectivity index (χ4n) is 1.27. The van der Waals surface area contributed by atoms with Crippen molar-refractivity contribution in [3.8, 4) is 0 Å². The van der Waals surface area contributed by atoms with Crippen molar-refractivity contribution in [1.29, 1.82) is 0 Å². The minimum absolute atomic E-state index is 0.404. The summed E-state index contributed by atoms with van der Waals surface area (Å²) in [7, 11) is 0. The van der Waals surface area contributed by atoms with E-state index in [1.54, 1.807) is 12.1 Å². The highest BCUT2D eigenvalue weighted by Crippen LogP contribution is 2.34. The molecule has 4 N–H and O–H groups in total. The molecular weight excluding hydrogens is 221 g/mol. The van der Waals surface area contributed by atoms with Crippen LogP contribution < -0.4 is 11.5 Å². The summed E-state index contributed by atoms with van der Waals surface area (Å²) >= 11 is 11.9. The number of aromatic nitrogens is 1. The summed E-state index contributed by atoms with van der Waals surface area (Å²) in [6.07, 6.45) is 1.47. The van der Waals surface area contributed by atoms with Gasteiger partial charge in [0.2, 0.25) is 0 Å². The molecule has 2 rings (SSSR count). The largest absolute Gasteiger partial charge is 0.396 e. The van der Waals surface area contributed by atoms with E-state index in [2.05, 4.69) is 4.98 Å². The Labute approximate surface area is 90.6 Å². The summed E-state index contributed by atoms with van der Waals surface area (Å²) in [5, 5.41) is 1.62. The van der Waals surface area contributed by atoms with Crippen molar-refractivity contribution >= 4 is 45.5 Å². The fourth-order valence-corrected chi connectivity index (χ4v) is 1.73. The van der Waals surface area contributed by atoms with Crippen LogP contribution in [-0.2, 0) is 0 Å². The van der Waals surface area contributed by atoms with Gasteiger partial charge in [-0.3, -0.25) is 4.98 Å². The number of hydrogen-bond donors (Lipinski definition) is 2. The molecule has 0 aliphatic carbocycles. The second-order valence-corrected chi connectivity index (χ2v) is 3.69. The van der Waals surface area contributed by atoms with E-state index in [9.17, 15) is 0 Å². The van der Waals surface area contributed by atoms with Gasteiger partial charge in [0.05, 0.1) is 33.1 Å². The summed E-state index contributed by atoms with van der Waals surface area (Å²) in [4.78, 5) is 4.08. The number of halogens is 2. The van der Waals surface area contributed by atoms with E-state index in [0.717, 1.165) is 0 Å². The van der Waals surface area contributed by atoms with E-state index in [1.165, 1.54) is 6.20 Å². The lowest BCUT2D eigenvalue weighted by Crippen LogP contribution is -1.97. The average molecular weight is 228 g/mol. The lowest BCUT2D eigenvalue weighted by Gasteiger charge is -2.07. The van der Waals surface area contributed by atoms with E-state index < -0.39 is 0 Å². The Morgan fingerprint density at radius 1 is 1.07 bits per heavy atom. The van der Waals surface area contributed by atoms with Gasteiger partial charge in [0.1, 0.15) is 0 Å². The molecule has 0 saturated heterocycles. The van der Waals surface area contributed by atoms with Crippen LogP contribution in [-0.4, -0.2) is 4.98 Å². The lowest BCUT2D eigenvalue weighted by molar-refractivity contribution is 1.41. The first-order valence-corrected chi connectivity index (χ1v) is 4.64. The van der Waals surface area contributed by atoms with Gasteiger partial charge in [0.25, 0.3) is 0 Å². The Kier molecular flexibility index (Phi) is 2.13. The second kappa shape index (κ2) is 3.19. The van der Waals surface area contributed by atoms with E-state index in [4.69, 9.17) is 34.7 Å². The van der Waals surface area contributed by atoms with Gasteiger partial charge in [-0.2, -0.15) is 0 Å². The Hall–Kier alpha value is -1.19. The van der Waals surface area contributed by atoms with E-state index in [-0.39, 0.29) is 0 Å². The quantitative estimate of drug-likeness (QED) is 0.728. The molecule has 1 aromatic heterocycles. The van der Waals surface area contributed by atoms with Gasteiger partial charge < -0.3 is 11.5 Å². The van der Waals surface area contributed by atoms with Gasteiger partial charge >= 0.3 is 0 Å². The third kappa shape index (κ3) is 1.25. The highest BCUT2D eigenvalue weighted by Gasteiger charge is 2.09. The molecule has 1 aromatic carbocycles. The molecule has 5 heteroatoms. The van der Waals surface area contributed by atoms with Gasteiger partial charge in [-0.25, -0.2) is 0 Å². The van der Waals surface area contributed by atoms with Crippen LogP contribution in [0.25, 0.3) is 10.9 Å². The molecule has 0 radical (unpaired) electrons. The molecule has 0 unspecified atom stereocenters. The zero-order valence-electron chi connectivity index (χ0n) is 7.09. The molecule has 0 atom stereocenters. The zero-order chi connectivity index (χ0) is 10.3. The third-order valence-corrected chi connectivity index (χ3v) is 2.61. The molecule has 0 bridgehead atoms. The Morgan fingerprint density at radius 2 is 1.71 bits per heavy atom. The maximum Gasteiger partial charge on any atom is 0.0925 e. The van der Waals surface area contributed by atoms with Crippen LogP contribution >= 0.6 is 23.2 Å². The van der Waals surface area contributed by atoms with E-state index in [1.807, 2.05) is 0 Å². The van der Waals surface area contributed by atoms with Crippen LogP contribution in [0.15, 0.2) is 18.3 Å². The molecule has 0 aliphatic heterocycles. The Morgan fingerprint density at radius 3 is 2.43 bits per heavy atom. The zero-order valence-corrected chi connectivity index (χ0v) is 8.60. The highest BCUT2D eigenvalue weighted by atomic mass is 35.5. The molecule has 0 saturated carbocycles. The first kappa shape index (κ1) is 9.37. The minimum atomic E-state index is 0.404. The summed E-state index contributed by atoms with van der Waals surface area (Å²) in [6, 6.07) is 3.35. The lowest BCUT2D eigenvalue weighted by atomic mass is 10.1. The SMILES string of the molecule is Nc1cnc2c(Cl)ccc(Cl)c2c1N. The standard InChI is InChI=1S/C9H7Cl2N3/c10-4-1-2-5(11)9-7(4)8(13)6(12)3-14-9/h1-3H,12H2,(H2,13,14). The number of anilines is 2. The first-order valence-electron chi connectivity index (χ1n) is 3.89. The fraction of sp³-hybridized carbons (Fsp3) is 0. The van der Waals surface area contributed by atoms with Gasteiger partial charge in [0, 0.05) is 5.39 Å². The van der Waals surface area contributed by atoms with Crippen LogP contribution in [0.3, 0.4) is 0 Å². The summed E-state index contributed by atoms with van der Waals surface area (Å²) in [5.41, 5.74) is 12.8. The molecule has 0 fully saturated rings. The van der Waals surface area contributed by atoms with Crippen molar-refractivity contribution < 1.29 is 0 Å². The number of nitrogens with zero attached hydrogens (tertiary/aromatic N) is 1. The topological polar surface area (TPSA) is 64.9 Å². The molecular formula is C9H7Cl2N3. The van der Waals surface area contributed by atoms with E-state index in [0.29, 0.717) is 32.3 Å². The van der Waals surface area contributed by atoms with Crippen LogP contribution in [0.4, 0.5) is 11.4 Å². The summed E-state index contributed by atoms with van der Waals surface area (Å²) in [5.74, 6) is 0. The third-order valence-electron chi connectivity index (χ3n) is 1.99. The minimum Gasteiger partial charge on any atom is -0.396 e. The first-order chi connectivity index (χ1) is 6.61. The van der Waals surface area contributed by atoms with Gasteiger partial charge in [-0.15, -0.1) is 0 Å². The number of fused-ring (bicyclic) bond motifs is 1. The monoisotopic (exact) mass is 227 g/mol.